The van der Waals surface area contributed by atoms with Crippen LogP contribution in [-0.4, -0.2) is 45.9 Å². The van der Waals surface area contributed by atoms with Crippen molar-refractivity contribution in [2.75, 3.05) is 7.11 Å². The van der Waals surface area contributed by atoms with Crippen molar-refractivity contribution < 1.29 is 18.8 Å². The van der Waals surface area contributed by atoms with Crippen LogP contribution in [0.15, 0.2) is 12.3 Å². The van der Waals surface area contributed by atoms with Gasteiger partial charge < -0.3 is 18.6 Å². The Labute approximate surface area is 147 Å². The van der Waals surface area contributed by atoms with Crippen LogP contribution in [0.4, 0.5) is 0 Å². The van der Waals surface area contributed by atoms with Gasteiger partial charge in [-0.1, -0.05) is 0 Å². The fraction of sp³-hybridized carbons (Fsp3) is 0.588. The van der Waals surface area contributed by atoms with Crippen LogP contribution in [0.25, 0.3) is 11.2 Å². The first kappa shape index (κ1) is 17.9. The molecule has 1 aliphatic rings. The van der Waals surface area contributed by atoms with Crippen LogP contribution in [0.3, 0.4) is 0 Å². The lowest BCUT2D eigenvalue weighted by Crippen LogP contribution is -2.41. The second-order valence-corrected chi connectivity index (χ2v) is 7.34. The maximum atomic E-state index is 11.5. The van der Waals surface area contributed by atoms with Gasteiger partial charge in [-0.2, -0.15) is 0 Å². The van der Waals surface area contributed by atoms with Crippen molar-refractivity contribution in [1.82, 2.24) is 14.5 Å². The highest BCUT2D eigenvalue weighted by atomic mass is 16.7. The molecular formula is C17H24BN3O4. The maximum Gasteiger partial charge on any atom is 0.496 e. The first-order valence-electron chi connectivity index (χ1n) is 8.40. The number of methoxy groups -OCH3 is 1. The third-order valence-electron chi connectivity index (χ3n) is 5.11. The van der Waals surface area contributed by atoms with Gasteiger partial charge in [0.05, 0.1) is 30.2 Å². The van der Waals surface area contributed by atoms with Crippen molar-refractivity contribution in [3.05, 3.63) is 18.1 Å². The second-order valence-electron chi connectivity index (χ2n) is 7.34. The van der Waals surface area contributed by atoms with E-state index in [9.17, 15) is 4.79 Å². The Balaban J connectivity index is 1.93. The lowest BCUT2D eigenvalue weighted by molar-refractivity contribution is -0.140. The Hall–Kier alpha value is -1.93. The molecule has 1 aliphatic heterocycles. The third-order valence-corrected chi connectivity index (χ3v) is 5.11. The van der Waals surface area contributed by atoms with E-state index in [1.165, 1.54) is 7.11 Å². The Morgan fingerprint density at radius 2 is 1.92 bits per heavy atom. The van der Waals surface area contributed by atoms with Crippen LogP contribution in [-0.2, 0) is 25.4 Å². The fourth-order valence-corrected chi connectivity index (χ4v) is 2.83. The summed E-state index contributed by atoms with van der Waals surface area (Å²) in [7, 11) is 0.908. The molecule has 1 saturated heterocycles. The Morgan fingerprint density at radius 1 is 1.28 bits per heavy atom. The van der Waals surface area contributed by atoms with Crippen LogP contribution in [0, 0.1) is 6.92 Å². The predicted octanol–water partition coefficient (Wildman–Crippen LogP) is 1.60. The summed E-state index contributed by atoms with van der Waals surface area (Å²) < 4.78 is 18.9. The largest absolute Gasteiger partial charge is 0.496 e. The average molecular weight is 345 g/mol. The number of hydrogen-bond donors (Lipinski definition) is 0. The monoisotopic (exact) mass is 345 g/mol. The molecule has 0 saturated carbocycles. The van der Waals surface area contributed by atoms with Crippen molar-refractivity contribution in [1.29, 1.82) is 0 Å². The topological polar surface area (TPSA) is 75.5 Å². The van der Waals surface area contributed by atoms with Crippen molar-refractivity contribution in [2.24, 2.45) is 0 Å². The highest BCUT2D eigenvalue weighted by molar-refractivity contribution is 6.62. The summed E-state index contributed by atoms with van der Waals surface area (Å²) in [5, 5.41) is 0. The average Bonchev–Trinajstić information content (AvgIpc) is 2.96. The third kappa shape index (κ3) is 3.16. The van der Waals surface area contributed by atoms with E-state index >= 15 is 0 Å². The van der Waals surface area contributed by atoms with Crippen molar-refractivity contribution in [3.8, 4) is 0 Å². The quantitative estimate of drug-likeness (QED) is 0.619. The summed E-state index contributed by atoms with van der Waals surface area (Å²) in [4.78, 5) is 20.4. The highest BCUT2D eigenvalue weighted by Crippen LogP contribution is 2.36. The van der Waals surface area contributed by atoms with Gasteiger partial charge in [0.15, 0.2) is 5.65 Å². The van der Waals surface area contributed by atoms with E-state index in [0.29, 0.717) is 12.2 Å². The molecule has 0 aliphatic carbocycles. The molecule has 0 bridgehead atoms. The molecule has 0 N–H and O–H groups in total. The van der Waals surface area contributed by atoms with E-state index in [-0.39, 0.29) is 12.4 Å². The summed E-state index contributed by atoms with van der Waals surface area (Å²) >= 11 is 0. The van der Waals surface area contributed by atoms with Crippen LogP contribution < -0.4 is 5.46 Å². The number of carbonyl (C=O) groups excluding carboxylic acids is 1. The first-order chi connectivity index (χ1) is 11.6. The number of aromatic nitrogens is 3. The molecular weight excluding hydrogens is 321 g/mol. The number of imidazole rings is 1. The normalized spacial score (nSPS) is 18.7. The molecule has 2 aromatic heterocycles. The number of nitrogens with zero attached hydrogens (tertiary/aromatic N) is 3. The molecule has 0 unspecified atom stereocenters. The lowest BCUT2D eigenvalue weighted by Gasteiger charge is -2.32. The van der Waals surface area contributed by atoms with E-state index in [1.807, 2.05) is 45.3 Å². The Kier molecular flexibility index (Phi) is 4.37. The standard InChI is InChI=1S/C17H24BN3O4/c1-11-20-15-13(21(11)8-7-14(22)23-6)9-12(10-19-15)18-24-16(2,3)17(4,5)25-18/h9-10H,7-8H2,1-6H3. The molecule has 0 aromatic carbocycles. The number of carbonyl (C=O) groups is 1. The van der Waals surface area contributed by atoms with Gasteiger partial charge in [-0.15, -0.1) is 0 Å². The molecule has 0 atom stereocenters. The Bertz CT molecular complexity index is 800. The Morgan fingerprint density at radius 3 is 2.52 bits per heavy atom. The zero-order valence-electron chi connectivity index (χ0n) is 15.6. The predicted molar refractivity (Wildman–Crippen MR) is 94.6 cm³/mol. The van der Waals surface area contributed by atoms with Gasteiger partial charge >= 0.3 is 13.1 Å². The van der Waals surface area contributed by atoms with Crippen LogP contribution in [0.5, 0.6) is 0 Å². The summed E-state index contributed by atoms with van der Waals surface area (Å²) in [5.41, 5.74) is 1.52. The fourth-order valence-electron chi connectivity index (χ4n) is 2.83. The summed E-state index contributed by atoms with van der Waals surface area (Å²) in [6.07, 6.45) is 2.02. The minimum absolute atomic E-state index is 0.253. The van der Waals surface area contributed by atoms with Crippen LogP contribution in [0.1, 0.15) is 39.9 Å². The molecule has 2 aromatic rings. The molecule has 0 spiro atoms. The molecule has 0 radical (unpaired) electrons. The number of rotatable bonds is 4. The molecule has 1 fully saturated rings. The zero-order valence-corrected chi connectivity index (χ0v) is 15.6. The number of hydrogen-bond acceptors (Lipinski definition) is 6. The number of ether oxygens (including phenoxy) is 1. The van der Waals surface area contributed by atoms with E-state index in [2.05, 4.69) is 9.97 Å². The van der Waals surface area contributed by atoms with E-state index in [0.717, 1.165) is 16.8 Å². The van der Waals surface area contributed by atoms with Crippen LogP contribution in [0.2, 0.25) is 0 Å². The van der Waals surface area contributed by atoms with Crippen molar-refractivity contribution in [3.63, 3.8) is 0 Å². The summed E-state index contributed by atoms with van der Waals surface area (Å²) in [5.74, 6) is 0.550. The zero-order chi connectivity index (χ0) is 18.4. The van der Waals surface area contributed by atoms with Crippen molar-refractivity contribution in [2.45, 2.75) is 58.8 Å². The molecule has 25 heavy (non-hydrogen) atoms. The number of aryl methyl sites for hydroxylation is 2. The van der Waals surface area contributed by atoms with Gasteiger partial charge in [0.1, 0.15) is 5.82 Å². The first-order valence-corrected chi connectivity index (χ1v) is 8.40. The minimum atomic E-state index is -0.480. The van der Waals surface area contributed by atoms with E-state index in [4.69, 9.17) is 14.0 Å². The molecule has 3 heterocycles. The van der Waals surface area contributed by atoms with E-state index in [1.54, 1.807) is 6.20 Å². The molecule has 134 valence electrons. The SMILES string of the molecule is COC(=O)CCn1c(C)nc2ncc(B3OC(C)(C)C(C)(C)O3)cc21. The van der Waals surface area contributed by atoms with Crippen LogP contribution >= 0.6 is 0 Å². The second kappa shape index (κ2) is 6.11. The van der Waals surface area contributed by atoms with Crippen molar-refractivity contribution >= 4 is 29.7 Å². The molecule has 7 nitrogen and oxygen atoms in total. The summed E-state index contributed by atoms with van der Waals surface area (Å²) in [6.45, 7) is 10.5. The van der Waals surface area contributed by atoms with Gasteiger partial charge in [0, 0.05) is 18.2 Å². The van der Waals surface area contributed by atoms with E-state index < -0.39 is 18.3 Å². The highest BCUT2D eigenvalue weighted by Gasteiger charge is 2.51. The lowest BCUT2D eigenvalue weighted by atomic mass is 9.80. The smallest absolute Gasteiger partial charge is 0.469 e. The van der Waals surface area contributed by atoms with Gasteiger partial charge in [0.2, 0.25) is 0 Å². The van der Waals surface area contributed by atoms with Gasteiger partial charge in [-0.05, 0) is 40.7 Å². The minimum Gasteiger partial charge on any atom is -0.469 e. The number of esters is 1. The van der Waals surface area contributed by atoms with Gasteiger partial charge in [-0.25, -0.2) is 9.97 Å². The molecule has 0 amide bonds. The summed E-state index contributed by atoms with van der Waals surface area (Å²) in [6, 6.07) is 1.97. The number of pyridine rings is 1. The van der Waals surface area contributed by atoms with Gasteiger partial charge in [-0.3, -0.25) is 4.79 Å². The number of fused-ring (bicyclic) bond motifs is 1. The maximum absolute atomic E-state index is 11.5. The van der Waals surface area contributed by atoms with Gasteiger partial charge in [0.25, 0.3) is 0 Å². The molecule has 3 rings (SSSR count). The molecule has 8 heteroatoms.